The van der Waals surface area contributed by atoms with Crippen molar-refractivity contribution in [2.45, 2.75) is 51.1 Å². The maximum Gasteiger partial charge on any atom is 0.0438 e. The molecule has 1 aromatic rings. The topological polar surface area (TPSA) is 15.3 Å². The molecule has 1 N–H and O–H groups in total. The van der Waals surface area contributed by atoms with Crippen molar-refractivity contribution in [3.8, 4) is 0 Å². The van der Waals surface area contributed by atoms with E-state index in [1.807, 2.05) is 11.8 Å². The molecule has 1 saturated heterocycles. The van der Waals surface area contributed by atoms with Crippen molar-refractivity contribution < 1.29 is 0 Å². The van der Waals surface area contributed by atoms with Crippen LogP contribution in [0.25, 0.3) is 0 Å². The fourth-order valence-corrected chi connectivity index (χ4v) is 3.53. The first-order chi connectivity index (χ1) is 10.1. The molecule has 0 aromatic heterocycles. The van der Waals surface area contributed by atoms with E-state index in [-0.39, 0.29) is 0 Å². The zero-order valence-electron chi connectivity index (χ0n) is 14.1. The van der Waals surface area contributed by atoms with E-state index in [2.05, 4.69) is 68.4 Å². The summed E-state index contributed by atoms with van der Waals surface area (Å²) in [5, 5.41) is 3.78. The second-order valence-electron chi connectivity index (χ2n) is 6.56. The summed E-state index contributed by atoms with van der Waals surface area (Å²) in [4.78, 5) is 3.97. The van der Waals surface area contributed by atoms with Crippen LogP contribution in [0.5, 0.6) is 0 Å². The van der Waals surface area contributed by atoms with Crippen LogP contribution in [0.2, 0.25) is 0 Å². The van der Waals surface area contributed by atoms with E-state index in [1.165, 1.54) is 17.0 Å². The predicted molar refractivity (Wildman–Crippen MR) is 95.4 cm³/mol. The van der Waals surface area contributed by atoms with Gasteiger partial charge in [-0.15, -0.1) is 11.8 Å². The minimum atomic E-state index is 0.588. The lowest BCUT2D eigenvalue weighted by Crippen LogP contribution is -2.60. The first kappa shape index (κ1) is 16.7. The lowest BCUT2D eigenvalue weighted by atomic mass is 9.91. The molecule has 2 nitrogen and oxygen atoms in total. The van der Waals surface area contributed by atoms with Gasteiger partial charge >= 0.3 is 0 Å². The molecule has 3 heteroatoms. The van der Waals surface area contributed by atoms with Crippen molar-refractivity contribution >= 4 is 17.4 Å². The number of rotatable bonds is 5. The summed E-state index contributed by atoms with van der Waals surface area (Å²) < 4.78 is 0. The van der Waals surface area contributed by atoms with Gasteiger partial charge in [-0.05, 0) is 42.4 Å². The molecule has 3 unspecified atom stereocenters. The Balaban J connectivity index is 2.20. The Bertz CT molecular complexity index is 429. The molecule has 0 radical (unpaired) electrons. The Labute approximate surface area is 134 Å². The van der Waals surface area contributed by atoms with Gasteiger partial charge in [0.05, 0.1) is 0 Å². The summed E-state index contributed by atoms with van der Waals surface area (Å²) in [7, 11) is 0. The van der Waals surface area contributed by atoms with E-state index >= 15 is 0 Å². The number of thioether (sulfide) groups is 1. The third-order valence-corrected chi connectivity index (χ3v) is 5.63. The summed E-state index contributed by atoms with van der Waals surface area (Å²) in [5.41, 5.74) is 1.38. The highest BCUT2D eigenvalue weighted by Gasteiger charge is 2.31. The highest BCUT2D eigenvalue weighted by atomic mass is 32.2. The molecule has 1 fully saturated rings. The van der Waals surface area contributed by atoms with Crippen LogP contribution in [-0.4, -0.2) is 31.4 Å². The van der Waals surface area contributed by atoms with Crippen LogP contribution in [0.15, 0.2) is 29.2 Å². The number of hydrogen-bond donors (Lipinski definition) is 1. The van der Waals surface area contributed by atoms with Crippen molar-refractivity contribution in [1.29, 1.82) is 0 Å². The molecule has 0 amide bonds. The van der Waals surface area contributed by atoms with Crippen LogP contribution in [0.4, 0.5) is 5.69 Å². The third-order valence-electron chi connectivity index (χ3n) is 4.89. The maximum absolute atomic E-state index is 3.78. The van der Waals surface area contributed by atoms with Crippen LogP contribution in [-0.2, 0) is 0 Å². The second kappa shape index (κ2) is 7.55. The molecule has 0 saturated carbocycles. The average Bonchev–Trinajstić information content (AvgIpc) is 2.53. The first-order valence-corrected chi connectivity index (χ1v) is 9.43. The monoisotopic (exact) mass is 306 g/mol. The molecule has 0 aliphatic carbocycles. The van der Waals surface area contributed by atoms with Gasteiger partial charge in [0.25, 0.3) is 0 Å². The van der Waals surface area contributed by atoms with E-state index in [0.29, 0.717) is 18.0 Å². The quantitative estimate of drug-likeness (QED) is 0.818. The van der Waals surface area contributed by atoms with Crippen molar-refractivity contribution in [3.63, 3.8) is 0 Å². The van der Waals surface area contributed by atoms with Gasteiger partial charge in [-0.25, -0.2) is 0 Å². The molecular formula is C18H30N2S. The van der Waals surface area contributed by atoms with E-state index in [9.17, 15) is 0 Å². The second-order valence-corrected chi connectivity index (χ2v) is 7.44. The molecule has 2 rings (SSSR count). The van der Waals surface area contributed by atoms with Crippen LogP contribution in [0.1, 0.15) is 34.1 Å². The lowest BCUT2D eigenvalue weighted by molar-refractivity contribution is 0.281. The van der Waals surface area contributed by atoms with Crippen LogP contribution < -0.4 is 10.2 Å². The Morgan fingerprint density at radius 1 is 1.24 bits per heavy atom. The molecule has 3 atom stereocenters. The molecule has 0 spiro atoms. The Morgan fingerprint density at radius 2 is 1.90 bits per heavy atom. The highest BCUT2D eigenvalue weighted by Crippen LogP contribution is 2.27. The summed E-state index contributed by atoms with van der Waals surface area (Å²) in [5.74, 6) is 1.39. The standard InChI is InChI=1S/C18H30N2S/c1-6-14(4)17-12-20(18(11-19-17)13(2)3)15-7-9-16(21-5)10-8-15/h7-10,13-14,17-19H,6,11-12H2,1-5H3. The number of hydrogen-bond acceptors (Lipinski definition) is 3. The van der Waals surface area contributed by atoms with Crippen LogP contribution in [0, 0.1) is 11.8 Å². The Kier molecular flexibility index (Phi) is 6.00. The molecule has 1 aromatic carbocycles. The number of nitrogens with one attached hydrogen (secondary N) is 1. The largest absolute Gasteiger partial charge is 0.365 e. The zero-order valence-corrected chi connectivity index (χ0v) is 14.9. The van der Waals surface area contributed by atoms with Crippen molar-refractivity contribution in [2.75, 3.05) is 24.2 Å². The summed E-state index contributed by atoms with van der Waals surface area (Å²) in [6, 6.07) is 10.3. The number of anilines is 1. The molecule has 1 aliphatic heterocycles. The van der Waals surface area contributed by atoms with Gasteiger partial charge < -0.3 is 10.2 Å². The van der Waals surface area contributed by atoms with Gasteiger partial charge in [-0.3, -0.25) is 0 Å². The van der Waals surface area contributed by atoms with E-state index < -0.39 is 0 Å². The third kappa shape index (κ3) is 3.95. The fourth-order valence-electron chi connectivity index (χ4n) is 3.13. The highest BCUT2D eigenvalue weighted by molar-refractivity contribution is 7.98. The minimum Gasteiger partial charge on any atom is -0.365 e. The average molecular weight is 307 g/mol. The maximum atomic E-state index is 3.78. The first-order valence-electron chi connectivity index (χ1n) is 8.20. The van der Waals surface area contributed by atoms with Gasteiger partial charge in [0.15, 0.2) is 0 Å². The molecular weight excluding hydrogens is 276 g/mol. The number of benzene rings is 1. The van der Waals surface area contributed by atoms with Gasteiger partial charge in [0.1, 0.15) is 0 Å². The number of piperazine rings is 1. The van der Waals surface area contributed by atoms with Gasteiger partial charge in [-0.1, -0.05) is 34.1 Å². The Morgan fingerprint density at radius 3 is 2.43 bits per heavy atom. The lowest BCUT2D eigenvalue weighted by Gasteiger charge is -2.45. The zero-order chi connectivity index (χ0) is 15.4. The summed E-state index contributed by atoms with van der Waals surface area (Å²) in [6.07, 6.45) is 3.37. The van der Waals surface area contributed by atoms with Gasteiger partial charge in [0.2, 0.25) is 0 Å². The van der Waals surface area contributed by atoms with E-state index in [4.69, 9.17) is 0 Å². The number of nitrogens with zero attached hydrogens (tertiary/aromatic N) is 1. The van der Waals surface area contributed by atoms with Crippen LogP contribution in [0.3, 0.4) is 0 Å². The smallest absolute Gasteiger partial charge is 0.0438 e. The molecule has 0 bridgehead atoms. The Hall–Kier alpha value is -0.670. The van der Waals surface area contributed by atoms with Crippen molar-refractivity contribution in [2.24, 2.45) is 11.8 Å². The van der Waals surface area contributed by atoms with Crippen molar-refractivity contribution in [3.05, 3.63) is 24.3 Å². The fraction of sp³-hybridized carbons (Fsp3) is 0.667. The predicted octanol–water partition coefficient (Wildman–Crippen LogP) is 4.26. The van der Waals surface area contributed by atoms with Gasteiger partial charge in [0, 0.05) is 35.8 Å². The summed E-state index contributed by atoms with van der Waals surface area (Å²) >= 11 is 1.81. The molecule has 1 aliphatic rings. The minimum absolute atomic E-state index is 0.588. The SMILES string of the molecule is CCC(C)C1CN(c2ccc(SC)cc2)C(C(C)C)CN1. The van der Waals surface area contributed by atoms with Crippen LogP contribution >= 0.6 is 11.8 Å². The van der Waals surface area contributed by atoms with E-state index in [1.54, 1.807) is 0 Å². The van der Waals surface area contributed by atoms with Crippen molar-refractivity contribution in [1.82, 2.24) is 5.32 Å². The van der Waals surface area contributed by atoms with Gasteiger partial charge in [-0.2, -0.15) is 0 Å². The van der Waals surface area contributed by atoms with E-state index in [0.717, 1.165) is 19.0 Å². The normalized spacial score (nSPS) is 24.4. The molecule has 1 heterocycles. The molecule has 118 valence electrons. The molecule has 21 heavy (non-hydrogen) atoms. The summed E-state index contributed by atoms with van der Waals surface area (Å²) in [6.45, 7) is 11.5.